The van der Waals surface area contributed by atoms with Gasteiger partial charge in [0.15, 0.2) is 9.84 Å². The van der Waals surface area contributed by atoms with Crippen LogP contribution in [0.3, 0.4) is 0 Å². The smallest absolute Gasteiger partial charge is 0.399 e. The fourth-order valence-electron chi connectivity index (χ4n) is 2.96. The average Bonchev–Trinajstić information content (AvgIpc) is 2.94. The van der Waals surface area contributed by atoms with Gasteiger partial charge >= 0.3 is 7.12 Å². The van der Waals surface area contributed by atoms with Gasteiger partial charge in [0, 0.05) is 6.04 Å². The van der Waals surface area contributed by atoms with Crippen LogP contribution < -0.4 is 10.2 Å². The van der Waals surface area contributed by atoms with Crippen molar-refractivity contribution in [3.05, 3.63) is 24.3 Å². The Bertz CT molecular complexity index is 877. The normalized spacial score (nSPS) is 26.9. The number of hydrogen-bond donors (Lipinski definition) is 1. The molecule has 0 amide bonds. The minimum atomic E-state index is -3.78. The van der Waals surface area contributed by atoms with Crippen molar-refractivity contribution < 1.29 is 26.1 Å². The number of rotatable bonds is 4. The lowest BCUT2D eigenvalue weighted by molar-refractivity contribution is 0.00578. The summed E-state index contributed by atoms with van der Waals surface area (Å²) in [6.45, 7) is 7.80. The summed E-state index contributed by atoms with van der Waals surface area (Å²) in [5.41, 5.74) is -0.221. The Balaban J connectivity index is 1.74. The maximum Gasteiger partial charge on any atom is 0.494 e. The largest absolute Gasteiger partial charge is 0.494 e. The predicted molar refractivity (Wildman–Crippen MR) is 99.5 cm³/mol. The lowest BCUT2D eigenvalue weighted by atomic mass is 9.79. The second-order valence-corrected chi connectivity index (χ2v) is 11.8. The molecule has 1 aromatic carbocycles. The standard InChI is InChI=1S/C16H24BNO6S2/c1-15(2)16(3,4)24-17(23-15)12-5-7-14(8-6-12)26(21,22)18-13-9-10-25(19,20)11-13/h5-8,13,18H,9-11H2,1-4H3/t13-/m1/s1. The van der Waals surface area contributed by atoms with Crippen LogP contribution in [0.5, 0.6) is 0 Å². The van der Waals surface area contributed by atoms with Gasteiger partial charge in [-0.2, -0.15) is 0 Å². The van der Waals surface area contributed by atoms with Crippen LogP contribution in [0.25, 0.3) is 0 Å². The number of sulfone groups is 1. The fraction of sp³-hybridized carbons (Fsp3) is 0.625. The summed E-state index contributed by atoms with van der Waals surface area (Å²) in [6.07, 6.45) is 0.299. The Kier molecular flexibility index (Phi) is 4.80. The number of nitrogens with one attached hydrogen (secondary N) is 1. The summed E-state index contributed by atoms with van der Waals surface area (Å²) in [5.74, 6) is -0.140. The van der Waals surface area contributed by atoms with E-state index in [0.29, 0.717) is 6.42 Å². The van der Waals surface area contributed by atoms with E-state index in [1.165, 1.54) is 12.1 Å². The summed E-state index contributed by atoms with van der Waals surface area (Å²) >= 11 is 0. The van der Waals surface area contributed by atoms with Crippen LogP contribution in [0.4, 0.5) is 0 Å². The predicted octanol–water partition coefficient (Wildman–Crippen LogP) is 0.451. The summed E-state index contributed by atoms with van der Waals surface area (Å²) in [4.78, 5) is 0.0852. The zero-order chi connectivity index (χ0) is 19.4. The highest BCUT2D eigenvalue weighted by atomic mass is 32.2. The van der Waals surface area contributed by atoms with Crippen molar-refractivity contribution in [3.8, 4) is 0 Å². The van der Waals surface area contributed by atoms with E-state index in [9.17, 15) is 16.8 Å². The topological polar surface area (TPSA) is 98.8 Å². The Morgan fingerprint density at radius 1 is 1.08 bits per heavy atom. The van der Waals surface area contributed by atoms with E-state index < -0.39 is 44.2 Å². The van der Waals surface area contributed by atoms with Gasteiger partial charge in [-0.15, -0.1) is 0 Å². The molecule has 0 aliphatic carbocycles. The summed E-state index contributed by atoms with van der Waals surface area (Å²) < 4.78 is 62.3. The van der Waals surface area contributed by atoms with Gasteiger partial charge in [0.25, 0.3) is 0 Å². The monoisotopic (exact) mass is 401 g/mol. The van der Waals surface area contributed by atoms with Crippen LogP contribution in [0.2, 0.25) is 0 Å². The molecule has 0 spiro atoms. The highest BCUT2D eigenvalue weighted by Crippen LogP contribution is 2.36. The molecular formula is C16H24BNO6S2. The van der Waals surface area contributed by atoms with Crippen LogP contribution in [0.15, 0.2) is 29.2 Å². The third-order valence-electron chi connectivity index (χ3n) is 5.27. The van der Waals surface area contributed by atoms with Crippen LogP contribution in [0.1, 0.15) is 34.1 Å². The molecule has 0 saturated carbocycles. The Labute approximate surface area is 155 Å². The summed E-state index contributed by atoms with van der Waals surface area (Å²) in [7, 11) is -7.49. The lowest BCUT2D eigenvalue weighted by Gasteiger charge is -2.32. The van der Waals surface area contributed by atoms with Crippen LogP contribution in [0, 0.1) is 0 Å². The second kappa shape index (κ2) is 6.30. The molecule has 10 heteroatoms. The third kappa shape index (κ3) is 3.84. The van der Waals surface area contributed by atoms with E-state index in [4.69, 9.17) is 9.31 Å². The quantitative estimate of drug-likeness (QED) is 0.736. The van der Waals surface area contributed by atoms with Gasteiger partial charge in [0.2, 0.25) is 10.0 Å². The maximum absolute atomic E-state index is 12.5. The van der Waals surface area contributed by atoms with Crippen LogP contribution >= 0.6 is 0 Å². The van der Waals surface area contributed by atoms with E-state index in [0.717, 1.165) is 5.46 Å². The molecule has 2 saturated heterocycles. The van der Waals surface area contributed by atoms with Gasteiger partial charge in [-0.1, -0.05) is 12.1 Å². The summed E-state index contributed by atoms with van der Waals surface area (Å²) in [5, 5.41) is 0. The second-order valence-electron chi connectivity index (χ2n) is 7.88. The average molecular weight is 401 g/mol. The van der Waals surface area contributed by atoms with Gasteiger partial charge in [0.05, 0.1) is 27.6 Å². The number of benzene rings is 1. The molecule has 1 atom stereocenters. The Hall–Kier alpha value is -0.935. The van der Waals surface area contributed by atoms with Crippen LogP contribution in [-0.4, -0.2) is 52.7 Å². The summed E-state index contributed by atoms with van der Waals surface area (Å²) in [6, 6.07) is 5.69. The van der Waals surface area contributed by atoms with E-state index >= 15 is 0 Å². The molecular weight excluding hydrogens is 377 g/mol. The zero-order valence-corrected chi connectivity index (χ0v) is 17.0. The number of hydrogen-bond acceptors (Lipinski definition) is 6. The molecule has 144 valence electrons. The molecule has 2 heterocycles. The van der Waals surface area contributed by atoms with Crippen molar-refractivity contribution in [2.75, 3.05) is 11.5 Å². The van der Waals surface area contributed by atoms with Crippen molar-refractivity contribution in [2.24, 2.45) is 0 Å². The molecule has 2 fully saturated rings. The van der Waals surface area contributed by atoms with Gasteiger partial charge in [0.1, 0.15) is 0 Å². The maximum atomic E-state index is 12.5. The highest BCUT2D eigenvalue weighted by molar-refractivity contribution is 7.92. The van der Waals surface area contributed by atoms with Gasteiger partial charge in [-0.3, -0.25) is 0 Å². The molecule has 2 aliphatic rings. The Morgan fingerprint density at radius 3 is 2.08 bits per heavy atom. The van der Waals surface area contributed by atoms with Crippen molar-refractivity contribution in [1.29, 1.82) is 0 Å². The molecule has 0 radical (unpaired) electrons. The van der Waals surface area contributed by atoms with E-state index in [2.05, 4.69) is 4.72 Å². The molecule has 1 N–H and O–H groups in total. The van der Waals surface area contributed by atoms with Gasteiger partial charge in [-0.05, 0) is 51.7 Å². The molecule has 2 aliphatic heterocycles. The number of sulfonamides is 1. The van der Waals surface area contributed by atoms with Crippen LogP contribution in [-0.2, 0) is 29.2 Å². The lowest BCUT2D eigenvalue weighted by Crippen LogP contribution is -2.41. The first-order valence-electron chi connectivity index (χ1n) is 8.50. The molecule has 26 heavy (non-hydrogen) atoms. The van der Waals surface area contributed by atoms with Crippen molar-refractivity contribution in [1.82, 2.24) is 4.72 Å². The first kappa shape index (κ1) is 19.8. The van der Waals surface area contributed by atoms with E-state index in [1.54, 1.807) is 12.1 Å². The first-order chi connectivity index (χ1) is 11.8. The molecule has 0 aromatic heterocycles. The third-order valence-corrected chi connectivity index (χ3v) is 8.57. The molecule has 1 aromatic rings. The van der Waals surface area contributed by atoms with E-state index in [-0.39, 0.29) is 16.4 Å². The van der Waals surface area contributed by atoms with Crippen molar-refractivity contribution >= 4 is 32.4 Å². The molecule has 0 unspecified atom stereocenters. The van der Waals surface area contributed by atoms with E-state index in [1.807, 2.05) is 27.7 Å². The molecule has 0 bridgehead atoms. The Morgan fingerprint density at radius 2 is 1.62 bits per heavy atom. The first-order valence-corrected chi connectivity index (χ1v) is 11.8. The van der Waals surface area contributed by atoms with Crippen molar-refractivity contribution in [2.45, 2.75) is 56.3 Å². The zero-order valence-electron chi connectivity index (χ0n) is 15.4. The highest BCUT2D eigenvalue weighted by Gasteiger charge is 2.51. The van der Waals surface area contributed by atoms with Gasteiger partial charge in [-0.25, -0.2) is 21.6 Å². The molecule has 3 rings (SSSR count). The van der Waals surface area contributed by atoms with Gasteiger partial charge < -0.3 is 9.31 Å². The fourth-order valence-corrected chi connectivity index (χ4v) is 6.01. The minimum Gasteiger partial charge on any atom is -0.399 e. The molecule has 7 nitrogen and oxygen atoms in total. The minimum absolute atomic E-state index is 0.0149. The van der Waals surface area contributed by atoms with Crippen molar-refractivity contribution in [3.63, 3.8) is 0 Å². The SMILES string of the molecule is CC1(C)OB(c2ccc(S(=O)(=O)N[C@@H]3CCS(=O)(=O)C3)cc2)OC1(C)C.